The predicted octanol–water partition coefficient (Wildman–Crippen LogP) is 5.54. The first kappa shape index (κ1) is 28.4. The number of ether oxygens (including phenoxy) is 1. The molecule has 0 saturated heterocycles. The summed E-state index contributed by atoms with van der Waals surface area (Å²) in [6.07, 6.45) is 0. The SMILES string of the molecule is CCN(CC)S(=O)(=O)c1cccc(-c2nnc(SCC(=O)c3ccc(OC(F)F)cc3)n2-c2ccccc2)c1. The summed E-state index contributed by atoms with van der Waals surface area (Å²) >= 11 is 1.16. The molecule has 0 bridgehead atoms. The van der Waals surface area contributed by atoms with E-state index in [1.54, 1.807) is 42.7 Å². The molecule has 1 heterocycles. The molecular weight excluding hydrogens is 546 g/mol. The van der Waals surface area contributed by atoms with Gasteiger partial charge in [-0.3, -0.25) is 9.36 Å². The largest absolute Gasteiger partial charge is 0.435 e. The molecule has 0 aliphatic carbocycles. The van der Waals surface area contributed by atoms with E-state index in [9.17, 15) is 22.0 Å². The van der Waals surface area contributed by atoms with Crippen LogP contribution in [0.1, 0.15) is 24.2 Å². The molecule has 0 aliphatic heterocycles. The van der Waals surface area contributed by atoms with Crippen molar-refractivity contribution in [1.82, 2.24) is 19.1 Å². The zero-order valence-corrected chi connectivity index (χ0v) is 22.8. The molecular formula is C27H26F2N4O4S2. The van der Waals surface area contributed by atoms with Crippen LogP contribution in [0.2, 0.25) is 0 Å². The van der Waals surface area contributed by atoms with Crippen molar-refractivity contribution in [3.8, 4) is 22.8 Å². The second-order valence-electron chi connectivity index (χ2n) is 8.21. The molecule has 0 radical (unpaired) electrons. The van der Waals surface area contributed by atoms with Crippen LogP contribution in [-0.4, -0.2) is 58.7 Å². The molecule has 8 nitrogen and oxygen atoms in total. The van der Waals surface area contributed by atoms with Crippen molar-refractivity contribution < 1.29 is 26.7 Å². The van der Waals surface area contributed by atoms with Gasteiger partial charge >= 0.3 is 6.61 Å². The van der Waals surface area contributed by atoms with Crippen LogP contribution < -0.4 is 4.74 Å². The number of nitrogens with zero attached hydrogens (tertiary/aromatic N) is 4. The Hall–Kier alpha value is -3.61. The fourth-order valence-corrected chi connectivity index (χ4v) is 6.25. The number of carbonyl (C=O) groups is 1. The Morgan fingerprint density at radius 2 is 1.67 bits per heavy atom. The van der Waals surface area contributed by atoms with Gasteiger partial charge in [0.2, 0.25) is 10.0 Å². The maximum absolute atomic E-state index is 13.1. The molecule has 12 heteroatoms. The van der Waals surface area contributed by atoms with Crippen LogP contribution in [-0.2, 0) is 10.0 Å². The number of hydrogen-bond acceptors (Lipinski definition) is 7. The summed E-state index contributed by atoms with van der Waals surface area (Å²) in [5.41, 5.74) is 1.62. The fourth-order valence-electron chi connectivity index (χ4n) is 3.90. The van der Waals surface area contributed by atoms with Crippen LogP contribution >= 0.6 is 11.8 Å². The van der Waals surface area contributed by atoms with E-state index in [2.05, 4.69) is 14.9 Å². The molecule has 0 fully saturated rings. The lowest BCUT2D eigenvalue weighted by Crippen LogP contribution is -2.30. The van der Waals surface area contributed by atoms with Crippen LogP contribution in [0.3, 0.4) is 0 Å². The fraction of sp³-hybridized carbons (Fsp3) is 0.222. The van der Waals surface area contributed by atoms with Crippen LogP contribution in [0.15, 0.2) is 88.9 Å². The van der Waals surface area contributed by atoms with Gasteiger partial charge in [-0.2, -0.15) is 13.1 Å². The van der Waals surface area contributed by atoms with Gasteiger partial charge in [0.25, 0.3) is 0 Å². The number of para-hydroxylation sites is 1. The Morgan fingerprint density at radius 1 is 0.974 bits per heavy atom. The lowest BCUT2D eigenvalue weighted by molar-refractivity contribution is -0.0498. The number of alkyl halides is 2. The summed E-state index contributed by atoms with van der Waals surface area (Å²) in [6.45, 7) is 1.32. The summed E-state index contributed by atoms with van der Waals surface area (Å²) < 4.78 is 58.5. The number of sulfonamides is 1. The van der Waals surface area contributed by atoms with E-state index in [4.69, 9.17) is 0 Å². The number of benzene rings is 3. The van der Waals surface area contributed by atoms with Crippen LogP contribution in [0, 0.1) is 0 Å². The number of carbonyl (C=O) groups excluding carboxylic acids is 1. The van der Waals surface area contributed by atoms with Gasteiger partial charge in [0.1, 0.15) is 5.75 Å². The molecule has 0 saturated carbocycles. The lowest BCUT2D eigenvalue weighted by atomic mass is 10.1. The van der Waals surface area contributed by atoms with Gasteiger partial charge in [-0.25, -0.2) is 8.42 Å². The molecule has 0 amide bonds. The molecule has 39 heavy (non-hydrogen) atoms. The molecule has 204 valence electrons. The topological polar surface area (TPSA) is 94.4 Å². The number of aromatic nitrogens is 3. The third kappa shape index (κ3) is 6.52. The Balaban J connectivity index is 1.65. The molecule has 0 atom stereocenters. The summed E-state index contributed by atoms with van der Waals surface area (Å²) in [6, 6.07) is 21.3. The molecule has 0 aliphatic rings. The Morgan fingerprint density at radius 3 is 2.31 bits per heavy atom. The molecule has 3 aromatic carbocycles. The number of halogens is 2. The minimum atomic E-state index is -3.69. The maximum atomic E-state index is 13.1. The number of rotatable bonds is 12. The molecule has 4 rings (SSSR count). The van der Waals surface area contributed by atoms with Crippen LogP contribution in [0.5, 0.6) is 5.75 Å². The lowest BCUT2D eigenvalue weighted by Gasteiger charge is -2.19. The summed E-state index contributed by atoms with van der Waals surface area (Å²) in [5, 5.41) is 9.08. The van der Waals surface area contributed by atoms with E-state index < -0.39 is 16.6 Å². The Labute approximate surface area is 229 Å². The van der Waals surface area contributed by atoms with Crippen molar-refractivity contribution in [3.63, 3.8) is 0 Å². The first-order chi connectivity index (χ1) is 18.7. The van der Waals surface area contributed by atoms with E-state index in [1.165, 1.54) is 28.6 Å². The summed E-state index contributed by atoms with van der Waals surface area (Å²) in [5.74, 6) is 0.158. The van der Waals surface area contributed by atoms with Crippen molar-refractivity contribution >= 4 is 27.6 Å². The third-order valence-electron chi connectivity index (χ3n) is 5.82. The van der Waals surface area contributed by atoms with E-state index in [1.807, 2.05) is 30.3 Å². The predicted molar refractivity (Wildman–Crippen MR) is 145 cm³/mol. The summed E-state index contributed by atoms with van der Waals surface area (Å²) in [7, 11) is -3.69. The number of thioether (sulfide) groups is 1. The van der Waals surface area contributed by atoms with Gasteiger partial charge in [0.05, 0.1) is 10.6 Å². The quantitative estimate of drug-likeness (QED) is 0.163. The molecule has 0 N–H and O–H groups in total. The Kier molecular flexibility index (Phi) is 9.10. The highest BCUT2D eigenvalue weighted by Crippen LogP contribution is 2.30. The minimum absolute atomic E-state index is 0.0103. The normalized spacial score (nSPS) is 11.7. The van der Waals surface area contributed by atoms with Gasteiger partial charge in [0.15, 0.2) is 16.8 Å². The van der Waals surface area contributed by atoms with Crippen molar-refractivity contribution in [2.75, 3.05) is 18.8 Å². The highest BCUT2D eigenvalue weighted by molar-refractivity contribution is 7.99. The van der Waals surface area contributed by atoms with Gasteiger partial charge in [-0.05, 0) is 48.5 Å². The second-order valence-corrected chi connectivity index (χ2v) is 11.1. The first-order valence-electron chi connectivity index (χ1n) is 12.1. The molecule has 0 spiro atoms. The highest BCUT2D eigenvalue weighted by Gasteiger charge is 2.24. The van der Waals surface area contributed by atoms with Gasteiger partial charge in [0, 0.05) is 29.9 Å². The zero-order chi connectivity index (χ0) is 28.0. The average molecular weight is 573 g/mol. The van der Waals surface area contributed by atoms with Crippen molar-refractivity contribution in [1.29, 1.82) is 0 Å². The standard InChI is InChI=1S/C27H26F2N4O4S2/c1-3-32(4-2)39(35,36)23-12-8-9-20(17-23)25-30-31-27(33(25)21-10-6-5-7-11-21)38-18-24(34)19-13-15-22(16-14-19)37-26(28)29/h5-17,26H,3-4,18H2,1-2H3. The van der Waals surface area contributed by atoms with Gasteiger partial charge in [-0.1, -0.05) is 55.9 Å². The van der Waals surface area contributed by atoms with E-state index in [0.717, 1.165) is 17.4 Å². The van der Waals surface area contributed by atoms with Gasteiger partial charge < -0.3 is 4.74 Å². The maximum Gasteiger partial charge on any atom is 0.387 e. The van der Waals surface area contributed by atoms with Crippen molar-refractivity contribution in [2.24, 2.45) is 0 Å². The zero-order valence-electron chi connectivity index (χ0n) is 21.2. The van der Waals surface area contributed by atoms with Gasteiger partial charge in [-0.15, -0.1) is 10.2 Å². The van der Waals surface area contributed by atoms with E-state index in [-0.39, 0.29) is 22.2 Å². The third-order valence-corrected chi connectivity index (χ3v) is 8.79. The van der Waals surface area contributed by atoms with Crippen LogP contribution in [0.25, 0.3) is 17.1 Å². The average Bonchev–Trinajstić information content (AvgIpc) is 3.37. The minimum Gasteiger partial charge on any atom is -0.435 e. The first-order valence-corrected chi connectivity index (χ1v) is 14.5. The van der Waals surface area contributed by atoms with E-state index in [0.29, 0.717) is 35.2 Å². The van der Waals surface area contributed by atoms with E-state index >= 15 is 0 Å². The van der Waals surface area contributed by atoms with Crippen molar-refractivity contribution in [2.45, 2.75) is 30.5 Å². The van der Waals surface area contributed by atoms with Crippen LogP contribution in [0.4, 0.5) is 8.78 Å². The molecule has 1 aromatic heterocycles. The van der Waals surface area contributed by atoms with Crippen molar-refractivity contribution in [3.05, 3.63) is 84.4 Å². The summed E-state index contributed by atoms with van der Waals surface area (Å²) in [4.78, 5) is 13.0. The second kappa shape index (κ2) is 12.5. The molecule has 0 unspecified atom stereocenters. The Bertz CT molecular complexity index is 1530. The number of ketones is 1. The monoisotopic (exact) mass is 572 g/mol. The number of hydrogen-bond donors (Lipinski definition) is 0. The molecule has 4 aromatic rings. The number of Topliss-reactive ketones (excluding diaryl/α,β-unsaturated/α-hetero) is 1. The smallest absolute Gasteiger partial charge is 0.387 e. The highest BCUT2D eigenvalue weighted by atomic mass is 32.2.